The summed E-state index contributed by atoms with van der Waals surface area (Å²) < 4.78 is 21.1. The Balaban J connectivity index is 1.36. The third-order valence-corrected chi connectivity index (χ3v) is 7.74. The Kier molecular flexibility index (Phi) is 6.90. The second kappa shape index (κ2) is 10.0. The van der Waals surface area contributed by atoms with Crippen LogP contribution in [0, 0.1) is 25.6 Å². The molecule has 0 saturated heterocycles. The number of carboxylic acids is 1. The van der Waals surface area contributed by atoms with E-state index < -0.39 is 11.6 Å². The molecule has 0 bridgehead atoms. The zero-order valence-electron chi connectivity index (χ0n) is 22.3. The Bertz CT molecular complexity index is 1340. The number of pyridine rings is 1. The summed E-state index contributed by atoms with van der Waals surface area (Å²) in [6.45, 7) is 8.06. The van der Waals surface area contributed by atoms with Crippen LogP contribution in [0.2, 0.25) is 0 Å². The van der Waals surface area contributed by atoms with Crippen molar-refractivity contribution in [2.24, 2.45) is 5.92 Å². The molecule has 1 aromatic heterocycles. The summed E-state index contributed by atoms with van der Waals surface area (Å²) in [5.41, 5.74) is 6.12. The highest BCUT2D eigenvalue weighted by molar-refractivity contribution is 5.77. The Morgan fingerprint density at radius 2 is 1.92 bits per heavy atom. The van der Waals surface area contributed by atoms with E-state index in [4.69, 9.17) is 4.74 Å². The Morgan fingerprint density at radius 1 is 1.18 bits per heavy atom. The van der Waals surface area contributed by atoms with Gasteiger partial charge in [0.25, 0.3) is 0 Å². The number of aliphatic carboxylic acids is 1. The van der Waals surface area contributed by atoms with Gasteiger partial charge in [-0.2, -0.15) is 0 Å². The average molecular weight is 519 g/mol. The van der Waals surface area contributed by atoms with Gasteiger partial charge >= 0.3 is 5.97 Å². The minimum atomic E-state index is -0.776. The quantitative estimate of drug-likeness (QED) is 0.307. The number of anilines is 1. The number of aryl methyl sites for hydroxylation is 2. The van der Waals surface area contributed by atoms with Gasteiger partial charge in [-0.1, -0.05) is 12.1 Å². The largest absolute Gasteiger partial charge is 0.493 e. The third kappa shape index (κ3) is 5.39. The number of ether oxygens (including phenoxy) is 1. The lowest BCUT2D eigenvalue weighted by Crippen LogP contribution is -2.21. The summed E-state index contributed by atoms with van der Waals surface area (Å²) in [6, 6.07) is 11.0. The first-order chi connectivity index (χ1) is 18.0. The summed E-state index contributed by atoms with van der Waals surface area (Å²) in [5.74, 6) is 0.158. The molecule has 2 aromatic carbocycles. The minimum absolute atomic E-state index is 0.0334. The van der Waals surface area contributed by atoms with Gasteiger partial charge in [-0.3, -0.25) is 4.79 Å². The molecule has 1 unspecified atom stereocenters. The normalized spacial score (nSPS) is 20.2. The van der Waals surface area contributed by atoms with Crippen LogP contribution in [0.1, 0.15) is 72.9 Å². The van der Waals surface area contributed by atoms with Crippen LogP contribution in [0.3, 0.4) is 0 Å². The van der Waals surface area contributed by atoms with Crippen molar-refractivity contribution < 1.29 is 24.1 Å². The van der Waals surface area contributed by atoms with E-state index >= 15 is 4.39 Å². The topological polar surface area (TPSA) is 91.7 Å². The van der Waals surface area contributed by atoms with E-state index in [1.807, 2.05) is 44.2 Å². The molecule has 3 N–H and O–H groups in total. The van der Waals surface area contributed by atoms with Crippen LogP contribution in [0.25, 0.3) is 11.1 Å². The van der Waals surface area contributed by atoms with Gasteiger partial charge in [0.1, 0.15) is 17.4 Å². The molecule has 3 atom stereocenters. The van der Waals surface area contributed by atoms with Gasteiger partial charge in [0.05, 0.1) is 24.2 Å². The summed E-state index contributed by atoms with van der Waals surface area (Å²) >= 11 is 0. The maximum Gasteiger partial charge on any atom is 0.307 e. The van der Waals surface area contributed by atoms with Crippen molar-refractivity contribution in [3.63, 3.8) is 0 Å². The van der Waals surface area contributed by atoms with Crippen LogP contribution in [-0.4, -0.2) is 33.4 Å². The number of fused-ring (bicyclic) bond motifs is 1. The number of carbonyl (C=O) groups is 1. The van der Waals surface area contributed by atoms with Crippen molar-refractivity contribution in [2.75, 3.05) is 11.9 Å². The summed E-state index contributed by atoms with van der Waals surface area (Å²) in [5, 5.41) is 22.5. The van der Waals surface area contributed by atoms with Gasteiger partial charge in [0.15, 0.2) is 0 Å². The lowest BCUT2D eigenvalue weighted by molar-refractivity contribution is -0.138. The number of carboxylic acid groups (broad SMARTS) is 1. The maximum atomic E-state index is 15.2. The first-order valence-corrected chi connectivity index (χ1v) is 13.2. The SMILES string of the molecule is Cc1cc(OCCC(C)(C)O)cc(C)c1-c1ccc(F)c2c1CCC2Nc1ccc([C@@H]2C[C@H]2C(=O)O)cn1. The lowest BCUT2D eigenvalue weighted by atomic mass is 9.90. The zero-order valence-corrected chi connectivity index (χ0v) is 22.3. The number of aliphatic hydroxyl groups is 1. The molecule has 5 rings (SSSR count). The number of halogens is 1. The van der Waals surface area contributed by atoms with Crippen LogP contribution < -0.4 is 10.1 Å². The maximum absolute atomic E-state index is 15.2. The molecule has 7 heteroatoms. The summed E-state index contributed by atoms with van der Waals surface area (Å²) in [7, 11) is 0. The summed E-state index contributed by atoms with van der Waals surface area (Å²) in [6.07, 6.45) is 4.43. The molecular formula is C31H35FN2O4. The van der Waals surface area contributed by atoms with E-state index in [0.717, 1.165) is 52.0 Å². The van der Waals surface area contributed by atoms with E-state index in [1.165, 1.54) is 0 Å². The average Bonchev–Trinajstić information content (AvgIpc) is 3.54. The number of nitrogens with zero attached hydrogens (tertiary/aromatic N) is 1. The van der Waals surface area contributed by atoms with Crippen LogP contribution in [0.4, 0.5) is 10.2 Å². The molecule has 0 spiro atoms. The van der Waals surface area contributed by atoms with Crippen molar-refractivity contribution in [2.45, 2.75) is 70.9 Å². The van der Waals surface area contributed by atoms with Gasteiger partial charge in [-0.05, 0) is 111 Å². The van der Waals surface area contributed by atoms with E-state index in [-0.39, 0.29) is 23.7 Å². The molecule has 1 fully saturated rings. The van der Waals surface area contributed by atoms with Gasteiger partial charge in [0, 0.05) is 18.2 Å². The molecule has 2 aliphatic carbocycles. The van der Waals surface area contributed by atoms with Crippen molar-refractivity contribution in [1.82, 2.24) is 4.98 Å². The molecule has 3 aromatic rings. The van der Waals surface area contributed by atoms with Gasteiger partial charge in [0.2, 0.25) is 0 Å². The van der Waals surface area contributed by atoms with E-state index in [2.05, 4.69) is 10.3 Å². The number of rotatable bonds is 9. The van der Waals surface area contributed by atoms with E-state index in [9.17, 15) is 15.0 Å². The zero-order chi connectivity index (χ0) is 27.2. The molecule has 0 amide bonds. The van der Waals surface area contributed by atoms with Crippen molar-refractivity contribution in [3.05, 3.63) is 76.2 Å². The lowest BCUT2D eigenvalue weighted by Gasteiger charge is -2.20. The Hall–Kier alpha value is -3.45. The highest BCUT2D eigenvalue weighted by atomic mass is 19.1. The standard InChI is InChI=1S/C31H35FN2O4/c1-17-13-20(38-12-11-31(3,4)37)14-18(2)28(17)21-6-8-25(32)29-22(21)7-9-26(29)34-27-10-5-19(16-33-27)23-15-24(23)30(35)36/h5-6,8,10,13-14,16,23-24,26,37H,7,9,11-12,15H2,1-4H3,(H,33,34)(H,35,36)/t23-,24+,26?/m0/s1. The van der Waals surface area contributed by atoms with Crippen LogP contribution in [0.15, 0.2) is 42.6 Å². The van der Waals surface area contributed by atoms with Crippen LogP contribution in [0.5, 0.6) is 5.75 Å². The molecule has 2 aliphatic rings. The number of nitrogens with one attached hydrogen (secondary N) is 1. The Morgan fingerprint density at radius 3 is 2.53 bits per heavy atom. The second-order valence-electron chi connectivity index (χ2n) is 11.3. The van der Waals surface area contributed by atoms with E-state index in [0.29, 0.717) is 30.8 Å². The molecule has 0 radical (unpaired) electrons. The fourth-order valence-electron chi connectivity index (χ4n) is 5.67. The molecule has 1 heterocycles. The highest BCUT2D eigenvalue weighted by Gasteiger charge is 2.44. The minimum Gasteiger partial charge on any atom is -0.493 e. The van der Waals surface area contributed by atoms with Crippen molar-refractivity contribution >= 4 is 11.8 Å². The smallest absolute Gasteiger partial charge is 0.307 e. The molecule has 0 aliphatic heterocycles. The number of benzene rings is 2. The molecule has 6 nitrogen and oxygen atoms in total. The predicted octanol–water partition coefficient (Wildman–Crippen LogP) is 6.33. The molecule has 38 heavy (non-hydrogen) atoms. The van der Waals surface area contributed by atoms with Crippen LogP contribution >= 0.6 is 0 Å². The second-order valence-corrected chi connectivity index (χ2v) is 11.3. The Labute approximate surface area is 222 Å². The summed E-state index contributed by atoms with van der Waals surface area (Å²) in [4.78, 5) is 15.7. The molecule has 1 saturated carbocycles. The van der Waals surface area contributed by atoms with Crippen molar-refractivity contribution in [3.8, 4) is 16.9 Å². The number of aromatic nitrogens is 1. The fourth-order valence-corrected chi connectivity index (χ4v) is 5.67. The predicted molar refractivity (Wildman–Crippen MR) is 145 cm³/mol. The van der Waals surface area contributed by atoms with Gasteiger partial charge < -0.3 is 20.3 Å². The van der Waals surface area contributed by atoms with Gasteiger partial charge in [-0.25, -0.2) is 9.37 Å². The number of hydrogen-bond donors (Lipinski definition) is 3. The highest BCUT2D eigenvalue weighted by Crippen LogP contribution is 2.48. The van der Waals surface area contributed by atoms with Gasteiger partial charge in [-0.15, -0.1) is 0 Å². The van der Waals surface area contributed by atoms with Crippen LogP contribution in [-0.2, 0) is 11.2 Å². The monoisotopic (exact) mass is 518 g/mol. The first kappa shape index (κ1) is 26.2. The molecular weight excluding hydrogens is 483 g/mol. The van der Waals surface area contributed by atoms with Crippen molar-refractivity contribution in [1.29, 1.82) is 0 Å². The first-order valence-electron chi connectivity index (χ1n) is 13.2. The third-order valence-electron chi connectivity index (χ3n) is 7.74. The fraction of sp³-hybridized carbons (Fsp3) is 0.419. The number of hydrogen-bond acceptors (Lipinski definition) is 5. The molecule has 200 valence electrons. The van der Waals surface area contributed by atoms with E-state index in [1.54, 1.807) is 26.1 Å².